The van der Waals surface area contributed by atoms with E-state index in [1.807, 2.05) is 26.8 Å². The summed E-state index contributed by atoms with van der Waals surface area (Å²) in [6, 6.07) is 4.08. The summed E-state index contributed by atoms with van der Waals surface area (Å²) in [4.78, 5) is 13.4. The fourth-order valence-electron chi connectivity index (χ4n) is 3.86. The smallest absolute Gasteiger partial charge is 0.307 e. The molecule has 2 unspecified atom stereocenters. The van der Waals surface area contributed by atoms with Gasteiger partial charge in [-0.25, -0.2) is 0 Å². The van der Waals surface area contributed by atoms with Crippen LogP contribution in [0.1, 0.15) is 25.0 Å². The second-order valence-electron chi connectivity index (χ2n) is 6.43. The molecule has 0 radical (unpaired) electrons. The molecule has 3 rings (SSSR count). The molecule has 1 aliphatic carbocycles. The number of carboxylic acid groups (broad SMARTS) is 1. The number of rotatable bonds is 7. The third-order valence-corrected chi connectivity index (χ3v) is 4.97. The normalized spacial score (nSPS) is 26.0. The summed E-state index contributed by atoms with van der Waals surface area (Å²) in [6.45, 7) is 9.80. The van der Waals surface area contributed by atoms with Gasteiger partial charge in [-0.3, -0.25) is 9.69 Å². The highest BCUT2D eigenvalue weighted by molar-refractivity contribution is 5.74. The van der Waals surface area contributed by atoms with Crippen LogP contribution in [0, 0.1) is 24.7 Å². The first-order valence-corrected chi connectivity index (χ1v) is 8.40. The van der Waals surface area contributed by atoms with Crippen LogP contribution in [-0.2, 0) is 11.3 Å². The zero-order chi connectivity index (χ0) is 16.6. The zero-order valence-electron chi connectivity index (χ0n) is 14.0. The Balaban J connectivity index is 1.71. The van der Waals surface area contributed by atoms with Crippen LogP contribution in [0.4, 0.5) is 0 Å². The van der Waals surface area contributed by atoms with Gasteiger partial charge in [0.2, 0.25) is 0 Å². The summed E-state index contributed by atoms with van der Waals surface area (Å²) < 4.78 is 11.5. The molecular weight excluding hydrogens is 294 g/mol. The predicted octanol–water partition coefficient (Wildman–Crippen LogP) is 2.55. The number of nitrogens with zero attached hydrogens (tertiary/aromatic N) is 1. The van der Waals surface area contributed by atoms with Crippen LogP contribution in [-0.4, -0.2) is 42.3 Å². The van der Waals surface area contributed by atoms with Crippen LogP contribution in [0.3, 0.4) is 0 Å². The number of aliphatic carboxylic acids is 1. The SMILES string of the molecule is CCOc1ccc(CN2CC3C(C2)C3C(=O)O)c(OCC)c1C. The van der Waals surface area contributed by atoms with Crippen molar-refractivity contribution in [3.63, 3.8) is 0 Å². The maximum Gasteiger partial charge on any atom is 0.307 e. The molecular formula is C18H25NO4. The Bertz CT molecular complexity index is 589. The van der Waals surface area contributed by atoms with E-state index >= 15 is 0 Å². The van der Waals surface area contributed by atoms with Crippen molar-refractivity contribution < 1.29 is 19.4 Å². The molecule has 23 heavy (non-hydrogen) atoms. The number of hydrogen-bond acceptors (Lipinski definition) is 4. The highest BCUT2D eigenvalue weighted by Crippen LogP contribution is 2.52. The lowest BCUT2D eigenvalue weighted by Crippen LogP contribution is -2.26. The van der Waals surface area contributed by atoms with Crippen LogP contribution < -0.4 is 9.47 Å². The number of piperidine rings is 1. The number of ether oxygens (including phenoxy) is 2. The molecule has 0 amide bonds. The van der Waals surface area contributed by atoms with Crippen molar-refractivity contribution in [3.8, 4) is 11.5 Å². The monoisotopic (exact) mass is 319 g/mol. The first-order valence-electron chi connectivity index (χ1n) is 8.40. The first-order chi connectivity index (χ1) is 11.1. The van der Waals surface area contributed by atoms with Crippen molar-refractivity contribution in [2.45, 2.75) is 27.3 Å². The molecule has 0 spiro atoms. The van der Waals surface area contributed by atoms with E-state index in [1.165, 1.54) is 0 Å². The van der Waals surface area contributed by atoms with E-state index in [9.17, 15) is 4.79 Å². The Morgan fingerprint density at radius 1 is 1.22 bits per heavy atom. The van der Waals surface area contributed by atoms with Gasteiger partial charge in [0.05, 0.1) is 19.1 Å². The van der Waals surface area contributed by atoms with Gasteiger partial charge in [-0.2, -0.15) is 0 Å². The number of carboxylic acids is 1. The minimum absolute atomic E-state index is 0.111. The van der Waals surface area contributed by atoms with Crippen molar-refractivity contribution in [2.24, 2.45) is 17.8 Å². The van der Waals surface area contributed by atoms with Crippen LogP contribution in [0.25, 0.3) is 0 Å². The molecule has 1 aliphatic heterocycles. The van der Waals surface area contributed by atoms with Gasteiger partial charge >= 0.3 is 5.97 Å². The lowest BCUT2D eigenvalue weighted by molar-refractivity contribution is -0.139. The van der Waals surface area contributed by atoms with Gasteiger partial charge in [-0.05, 0) is 38.7 Å². The van der Waals surface area contributed by atoms with E-state index in [2.05, 4.69) is 11.0 Å². The third kappa shape index (κ3) is 3.02. The van der Waals surface area contributed by atoms with Gasteiger partial charge in [-0.15, -0.1) is 0 Å². The third-order valence-electron chi connectivity index (χ3n) is 4.97. The largest absolute Gasteiger partial charge is 0.493 e. The second-order valence-corrected chi connectivity index (χ2v) is 6.43. The van der Waals surface area contributed by atoms with Crippen LogP contribution in [0.2, 0.25) is 0 Å². The molecule has 5 heteroatoms. The van der Waals surface area contributed by atoms with E-state index in [4.69, 9.17) is 14.6 Å². The molecule has 2 aliphatic rings. The fourth-order valence-corrected chi connectivity index (χ4v) is 3.86. The van der Waals surface area contributed by atoms with Gasteiger partial charge in [0.25, 0.3) is 0 Å². The summed E-state index contributed by atoms with van der Waals surface area (Å²) in [5, 5.41) is 9.11. The van der Waals surface area contributed by atoms with Crippen LogP contribution in [0.15, 0.2) is 12.1 Å². The summed E-state index contributed by atoms with van der Waals surface area (Å²) in [7, 11) is 0. The molecule has 2 atom stereocenters. The molecule has 1 heterocycles. The molecule has 0 bridgehead atoms. The Hall–Kier alpha value is -1.75. The predicted molar refractivity (Wildman–Crippen MR) is 86.9 cm³/mol. The number of likely N-dealkylation sites (tertiary alicyclic amines) is 1. The second kappa shape index (κ2) is 6.40. The summed E-state index contributed by atoms with van der Waals surface area (Å²) in [5.74, 6) is 1.72. The highest BCUT2D eigenvalue weighted by atomic mass is 16.5. The van der Waals surface area contributed by atoms with Crippen molar-refractivity contribution in [2.75, 3.05) is 26.3 Å². The highest BCUT2D eigenvalue weighted by Gasteiger charge is 2.59. The molecule has 1 saturated heterocycles. The van der Waals surface area contributed by atoms with Crippen LogP contribution >= 0.6 is 0 Å². The maximum absolute atomic E-state index is 11.1. The number of benzene rings is 1. The van der Waals surface area contributed by atoms with Crippen molar-refractivity contribution in [3.05, 3.63) is 23.3 Å². The Morgan fingerprint density at radius 2 is 1.87 bits per heavy atom. The Morgan fingerprint density at radius 3 is 2.43 bits per heavy atom. The number of fused-ring (bicyclic) bond motifs is 1. The molecule has 1 aromatic rings. The summed E-state index contributed by atoms with van der Waals surface area (Å²) in [6.07, 6.45) is 0. The molecule has 126 valence electrons. The van der Waals surface area contributed by atoms with E-state index in [1.54, 1.807) is 0 Å². The van der Waals surface area contributed by atoms with Gasteiger partial charge in [0.1, 0.15) is 11.5 Å². The van der Waals surface area contributed by atoms with E-state index < -0.39 is 5.97 Å². The summed E-state index contributed by atoms with van der Waals surface area (Å²) >= 11 is 0. The molecule has 2 fully saturated rings. The average molecular weight is 319 g/mol. The lowest BCUT2D eigenvalue weighted by atomic mass is 10.1. The summed E-state index contributed by atoms with van der Waals surface area (Å²) in [5.41, 5.74) is 2.19. The molecule has 1 N–H and O–H groups in total. The Labute approximate surface area is 137 Å². The van der Waals surface area contributed by atoms with Gasteiger partial charge in [0, 0.05) is 30.8 Å². The minimum atomic E-state index is -0.633. The van der Waals surface area contributed by atoms with Gasteiger partial charge < -0.3 is 14.6 Å². The molecule has 1 saturated carbocycles. The van der Waals surface area contributed by atoms with Crippen molar-refractivity contribution in [1.82, 2.24) is 4.90 Å². The molecule has 0 aromatic heterocycles. The lowest BCUT2D eigenvalue weighted by Gasteiger charge is -2.22. The van der Waals surface area contributed by atoms with E-state index in [0.717, 1.165) is 42.3 Å². The minimum Gasteiger partial charge on any atom is -0.493 e. The average Bonchev–Trinajstić information content (AvgIpc) is 3.03. The molecule has 5 nitrogen and oxygen atoms in total. The fraction of sp³-hybridized carbons (Fsp3) is 0.611. The van der Waals surface area contributed by atoms with Crippen LogP contribution in [0.5, 0.6) is 11.5 Å². The van der Waals surface area contributed by atoms with Gasteiger partial charge in [0.15, 0.2) is 0 Å². The molecule has 1 aromatic carbocycles. The van der Waals surface area contributed by atoms with E-state index in [-0.39, 0.29) is 5.92 Å². The number of hydrogen-bond donors (Lipinski definition) is 1. The first kappa shape index (κ1) is 16.1. The topological polar surface area (TPSA) is 59.0 Å². The van der Waals surface area contributed by atoms with Crippen molar-refractivity contribution in [1.29, 1.82) is 0 Å². The quantitative estimate of drug-likeness (QED) is 0.837. The van der Waals surface area contributed by atoms with Gasteiger partial charge in [-0.1, -0.05) is 6.07 Å². The standard InChI is InChI=1S/C18H25NO4/c1-4-22-15-7-6-12(17(11(15)3)23-5-2)8-19-9-13-14(10-19)16(13)18(20)21/h6-7,13-14,16H,4-5,8-10H2,1-3H3,(H,20,21). The number of carbonyl (C=O) groups is 1. The maximum atomic E-state index is 11.1. The zero-order valence-corrected chi connectivity index (χ0v) is 14.0. The van der Waals surface area contributed by atoms with Crippen molar-refractivity contribution >= 4 is 5.97 Å². The Kier molecular flexibility index (Phi) is 4.48. The van der Waals surface area contributed by atoms with E-state index in [0.29, 0.717) is 25.0 Å².